The lowest BCUT2D eigenvalue weighted by Crippen LogP contribution is -2.31. The first-order valence-corrected chi connectivity index (χ1v) is 17.3. The summed E-state index contributed by atoms with van der Waals surface area (Å²) >= 11 is 0. The first-order valence-electron chi connectivity index (χ1n) is 17.3. The van der Waals surface area contributed by atoms with Gasteiger partial charge in [0.1, 0.15) is 11.6 Å². The highest BCUT2D eigenvalue weighted by molar-refractivity contribution is 5.94. The number of rotatable bonds is 14. The molecule has 0 fully saturated rings. The molecule has 0 saturated heterocycles. The minimum absolute atomic E-state index is 0.0589. The Morgan fingerprint density at radius 3 is 1.66 bits per heavy atom. The number of carboxylic acid groups (broad SMARTS) is 2. The van der Waals surface area contributed by atoms with E-state index in [1.807, 2.05) is 37.3 Å². The second kappa shape index (κ2) is 22.4. The number of halogens is 1. The predicted molar refractivity (Wildman–Crippen MR) is 203 cm³/mol. The molecule has 0 spiro atoms. The molecule has 0 bridgehead atoms. The highest BCUT2D eigenvalue weighted by atomic mass is 19.1. The van der Waals surface area contributed by atoms with Crippen molar-refractivity contribution in [3.8, 4) is 29.4 Å². The molecular formula is C43H43FN2O7. The van der Waals surface area contributed by atoms with Crippen LogP contribution < -0.4 is 14.5 Å². The molecule has 0 aliphatic heterocycles. The lowest BCUT2D eigenvalue weighted by molar-refractivity contribution is -0.139. The molecule has 0 unspecified atom stereocenters. The zero-order valence-corrected chi connectivity index (χ0v) is 29.9. The molecule has 53 heavy (non-hydrogen) atoms. The minimum atomic E-state index is -1.05. The molecule has 0 aromatic heterocycles. The summed E-state index contributed by atoms with van der Waals surface area (Å²) in [5.74, 6) is 9.88. The number of aliphatic carboxylic acids is 1. The molecule has 4 aromatic carbocycles. The van der Waals surface area contributed by atoms with E-state index in [-0.39, 0.29) is 23.9 Å². The first kappa shape index (κ1) is 41.0. The van der Waals surface area contributed by atoms with Gasteiger partial charge in [-0.25, -0.2) is 14.0 Å². The van der Waals surface area contributed by atoms with Crippen LogP contribution in [0, 0.1) is 29.5 Å². The maximum atomic E-state index is 13.6. The van der Waals surface area contributed by atoms with E-state index >= 15 is 0 Å². The molecule has 0 heterocycles. The number of anilines is 2. The second-order valence-corrected chi connectivity index (χ2v) is 11.7. The molecule has 2 N–H and O–H groups in total. The molecule has 0 atom stereocenters. The Hall–Kier alpha value is -6.39. The number of ether oxygens (including phenoxy) is 1. The highest BCUT2D eigenvalue weighted by Gasteiger charge is 2.15. The molecule has 10 heteroatoms. The number of benzene rings is 4. The van der Waals surface area contributed by atoms with Crippen molar-refractivity contribution in [2.75, 3.05) is 29.5 Å². The molecule has 0 aliphatic carbocycles. The molecule has 0 radical (unpaired) electrons. The van der Waals surface area contributed by atoms with E-state index in [0.717, 1.165) is 36.9 Å². The minimum Gasteiger partial charge on any atom is -0.482 e. The number of carbonyl (C=O) groups excluding carboxylic acids is 2. The molecule has 274 valence electrons. The molecule has 2 amide bonds. The highest BCUT2D eigenvalue weighted by Crippen LogP contribution is 2.18. The number of carbonyl (C=O) groups is 4. The van der Waals surface area contributed by atoms with Crippen LogP contribution in [0.15, 0.2) is 103 Å². The van der Waals surface area contributed by atoms with Gasteiger partial charge in [-0.3, -0.25) is 9.59 Å². The van der Waals surface area contributed by atoms with Crippen LogP contribution in [0.1, 0.15) is 73.9 Å². The number of nitrogens with zero attached hydrogens (tertiary/aromatic N) is 2. The Kier molecular flexibility index (Phi) is 17.4. The number of amides is 2. The largest absolute Gasteiger partial charge is 0.482 e. The fraction of sp³-hybridized carbons (Fsp3) is 0.256. The predicted octanol–water partition coefficient (Wildman–Crippen LogP) is 7.82. The van der Waals surface area contributed by atoms with Gasteiger partial charge in [0.15, 0.2) is 6.61 Å². The van der Waals surface area contributed by atoms with Crippen molar-refractivity contribution in [2.45, 2.75) is 52.4 Å². The zero-order valence-electron chi connectivity index (χ0n) is 29.9. The summed E-state index contributed by atoms with van der Waals surface area (Å²) in [4.78, 5) is 49.5. The number of hydrogen-bond acceptors (Lipinski definition) is 5. The first-order chi connectivity index (χ1) is 25.6. The van der Waals surface area contributed by atoms with Gasteiger partial charge in [0.05, 0.1) is 18.7 Å². The van der Waals surface area contributed by atoms with Crippen LogP contribution in [0.25, 0.3) is 0 Å². The Morgan fingerprint density at radius 1 is 0.660 bits per heavy atom. The molecule has 0 saturated carbocycles. The third-order valence-corrected chi connectivity index (χ3v) is 7.57. The van der Waals surface area contributed by atoms with E-state index in [9.17, 15) is 23.6 Å². The smallest absolute Gasteiger partial charge is 0.341 e. The molecule has 4 aromatic rings. The van der Waals surface area contributed by atoms with Gasteiger partial charge in [0.25, 0.3) is 0 Å². The van der Waals surface area contributed by atoms with E-state index in [2.05, 4.69) is 30.6 Å². The average Bonchev–Trinajstić information content (AvgIpc) is 3.16. The third-order valence-electron chi connectivity index (χ3n) is 7.57. The van der Waals surface area contributed by atoms with E-state index in [0.29, 0.717) is 36.4 Å². The lowest BCUT2D eigenvalue weighted by Gasteiger charge is -2.20. The normalized spacial score (nSPS) is 9.87. The zero-order chi connectivity index (χ0) is 38.4. The maximum Gasteiger partial charge on any atom is 0.341 e. The van der Waals surface area contributed by atoms with Crippen LogP contribution in [-0.2, 0) is 14.4 Å². The average molecular weight is 719 g/mol. The summed E-state index contributed by atoms with van der Waals surface area (Å²) in [5.41, 5.74) is 2.96. The number of carboxylic acids is 2. The van der Waals surface area contributed by atoms with Gasteiger partial charge in [-0.15, -0.1) is 0 Å². The molecular weight excluding hydrogens is 675 g/mol. The number of para-hydroxylation sites is 1. The van der Waals surface area contributed by atoms with Crippen LogP contribution in [0.5, 0.6) is 5.75 Å². The van der Waals surface area contributed by atoms with E-state index in [4.69, 9.17) is 14.9 Å². The van der Waals surface area contributed by atoms with Gasteiger partial charge in [-0.05, 0) is 91.7 Å². The van der Waals surface area contributed by atoms with Crippen molar-refractivity contribution < 1.29 is 38.5 Å². The lowest BCUT2D eigenvalue weighted by atomic mass is 10.1. The van der Waals surface area contributed by atoms with Crippen molar-refractivity contribution in [1.29, 1.82) is 0 Å². The Balaban J connectivity index is 0.000000287. The van der Waals surface area contributed by atoms with Crippen molar-refractivity contribution in [2.24, 2.45) is 0 Å². The summed E-state index contributed by atoms with van der Waals surface area (Å²) in [7, 11) is 0. The van der Waals surface area contributed by atoms with E-state index < -0.39 is 24.4 Å². The fourth-order valence-electron chi connectivity index (χ4n) is 4.74. The standard InChI is InChI=1S/C22H22FNO4.C21H21NO3/c1-2-3-9-21(25)24(19-8-4-7-18(23)15-19)14-5-6-17-10-12-20(13-11-17)28-16-22(26)27;1-2-3-11-20(23)22(19-9-5-4-6-10-19)16-7-8-17-12-14-18(15-13-17)21(24)25/h4,7-8,10-13,15H,2-3,9,14,16H2,1H3,(H,26,27);4-6,9-10,12-15H,2-3,11,16H2,1H3,(H,24,25). The number of hydrogen-bond donors (Lipinski definition) is 2. The topological polar surface area (TPSA) is 124 Å². The van der Waals surface area contributed by atoms with Crippen molar-refractivity contribution in [3.63, 3.8) is 0 Å². The molecule has 0 aliphatic rings. The van der Waals surface area contributed by atoms with Gasteiger partial charge < -0.3 is 24.7 Å². The third kappa shape index (κ3) is 14.8. The Labute approximate surface area is 310 Å². The monoisotopic (exact) mass is 718 g/mol. The number of unbranched alkanes of at least 4 members (excludes halogenated alkanes) is 2. The van der Waals surface area contributed by atoms with Crippen LogP contribution >= 0.6 is 0 Å². The van der Waals surface area contributed by atoms with Crippen LogP contribution in [0.4, 0.5) is 15.8 Å². The van der Waals surface area contributed by atoms with E-state index in [1.54, 1.807) is 53.4 Å². The van der Waals surface area contributed by atoms with Crippen molar-refractivity contribution in [3.05, 3.63) is 126 Å². The summed E-state index contributed by atoms with van der Waals surface area (Å²) in [6, 6.07) is 28.4. The summed E-state index contributed by atoms with van der Waals surface area (Å²) < 4.78 is 18.6. The molecule has 9 nitrogen and oxygen atoms in total. The van der Waals surface area contributed by atoms with Gasteiger partial charge in [0, 0.05) is 35.3 Å². The van der Waals surface area contributed by atoms with Crippen molar-refractivity contribution in [1.82, 2.24) is 0 Å². The van der Waals surface area contributed by atoms with Gasteiger partial charge in [0.2, 0.25) is 11.8 Å². The number of aromatic carboxylic acids is 1. The summed E-state index contributed by atoms with van der Waals surface area (Å²) in [6.45, 7) is 4.09. The van der Waals surface area contributed by atoms with Gasteiger partial charge >= 0.3 is 11.9 Å². The second-order valence-electron chi connectivity index (χ2n) is 11.7. The summed E-state index contributed by atoms with van der Waals surface area (Å²) in [6.07, 6.45) is 4.35. The maximum absolute atomic E-state index is 13.6. The van der Waals surface area contributed by atoms with Gasteiger partial charge in [-0.1, -0.05) is 74.6 Å². The van der Waals surface area contributed by atoms with Crippen LogP contribution in [0.3, 0.4) is 0 Å². The molecule has 4 rings (SSSR count). The Morgan fingerprint density at radius 2 is 1.17 bits per heavy atom. The SMILES string of the molecule is CCCCC(=O)N(CC#Cc1ccc(C(=O)O)cc1)c1ccccc1.CCCCC(=O)N(CC#Cc1ccc(OCC(=O)O)cc1)c1cccc(F)c1. The summed E-state index contributed by atoms with van der Waals surface area (Å²) in [5, 5.41) is 17.5. The Bertz CT molecular complexity index is 1920. The van der Waals surface area contributed by atoms with Crippen LogP contribution in [0.2, 0.25) is 0 Å². The quantitative estimate of drug-likeness (QED) is 0.127. The van der Waals surface area contributed by atoms with Crippen LogP contribution in [-0.4, -0.2) is 53.7 Å². The van der Waals surface area contributed by atoms with Gasteiger partial charge in [-0.2, -0.15) is 0 Å². The van der Waals surface area contributed by atoms with E-state index in [1.165, 1.54) is 29.2 Å². The van der Waals surface area contributed by atoms with Crippen molar-refractivity contribution >= 4 is 35.1 Å². The fourth-order valence-corrected chi connectivity index (χ4v) is 4.74.